The molecule has 7 heteroatoms. The quantitative estimate of drug-likeness (QED) is 0.666. The molecule has 0 bridgehead atoms. The second-order valence-corrected chi connectivity index (χ2v) is 8.88. The topological polar surface area (TPSA) is 93.1 Å². The highest BCUT2D eigenvalue weighted by atomic mass is 16.2. The van der Waals surface area contributed by atoms with Gasteiger partial charge >= 0.3 is 0 Å². The Kier molecular flexibility index (Phi) is 5.77. The molecule has 168 valence electrons. The van der Waals surface area contributed by atoms with Crippen LogP contribution in [0.15, 0.2) is 36.4 Å². The Balaban J connectivity index is 1.57. The minimum atomic E-state index is -0.195. The van der Waals surface area contributed by atoms with Crippen molar-refractivity contribution in [1.29, 1.82) is 5.26 Å². The van der Waals surface area contributed by atoms with Crippen LogP contribution in [0.25, 0.3) is 11.3 Å². The molecule has 0 saturated carbocycles. The predicted octanol–water partition coefficient (Wildman–Crippen LogP) is 3.82. The summed E-state index contributed by atoms with van der Waals surface area (Å²) in [5, 5.41) is 8.97. The Labute approximate surface area is 193 Å². The van der Waals surface area contributed by atoms with Gasteiger partial charge < -0.3 is 14.8 Å². The van der Waals surface area contributed by atoms with Crippen LogP contribution >= 0.6 is 0 Å². The van der Waals surface area contributed by atoms with Gasteiger partial charge in [0.1, 0.15) is 0 Å². The molecule has 1 aromatic heterocycles. The Morgan fingerprint density at radius 2 is 1.76 bits per heavy atom. The molecule has 1 aliphatic heterocycles. The lowest BCUT2D eigenvalue weighted by molar-refractivity contribution is 0.0601. The van der Waals surface area contributed by atoms with Gasteiger partial charge in [0.05, 0.1) is 17.3 Å². The van der Waals surface area contributed by atoms with Gasteiger partial charge in [0.15, 0.2) is 5.82 Å². The van der Waals surface area contributed by atoms with E-state index in [-0.39, 0.29) is 23.6 Å². The molecular formula is C26H27N5O2. The molecule has 1 N–H and O–H groups in total. The van der Waals surface area contributed by atoms with Crippen LogP contribution in [0.1, 0.15) is 54.8 Å². The molecule has 0 radical (unpaired) electrons. The first-order valence-corrected chi connectivity index (χ1v) is 10.9. The molecule has 0 unspecified atom stereocenters. The van der Waals surface area contributed by atoms with Gasteiger partial charge in [-0.3, -0.25) is 9.59 Å². The molecule has 1 saturated heterocycles. The first-order valence-electron chi connectivity index (χ1n) is 10.9. The number of amides is 2. The van der Waals surface area contributed by atoms with Crippen molar-refractivity contribution in [3.8, 4) is 17.3 Å². The fraction of sp³-hybridized carbons (Fsp3) is 0.308. The van der Waals surface area contributed by atoms with E-state index in [0.29, 0.717) is 29.9 Å². The molecule has 3 aromatic rings. The second-order valence-electron chi connectivity index (χ2n) is 8.88. The summed E-state index contributed by atoms with van der Waals surface area (Å²) in [6.07, 6.45) is 0. The average Bonchev–Trinajstić information content (AvgIpc) is 3.13. The molecule has 1 fully saturated rings. The van der Waals surface area contributed by atoms with Gasteiger partial charge in [0.2, 0.25) is 0 Å². The standard InChI is InChI=1S/C26H27N5O2/c1-15-10-16(2)22(11-21(15)23-17(3)28-24(29-23)26(33)30(4)5)25(32)31-13-20(14-31)19-8-6-18(12-27)7-9-19/h6-11,20H,13-14H2,1-5H3,(H,28,29). The highest BCUT2D eigenvalue weighted by Crippen LogP contribution is 2.32. The van der Waals surface area contributed by atoms with Gasteiger partial charge in [-0.1, -0.05) is 18.2 Å². The van der Waals surface area contributed by atoms with Crippen molar-refractivity contribution >= 4 is 11.8 Å². The van der Waals surface area contributed by atoms with Gasteiger partial charge in [0, 0.05) is 49.9 Å². The number of rotatable bonds is 4. The van der Waals surface area contributed by atoms with Crippen molar-refractivity contribution < 1.29 is 9.59 Å². The molecule has 2 aromatic carbocycles. The van der Waals surface area contributed by atoms with E-state index in [0.717, 1.165) is 27.9 Å². The number of nitrogens with zero attached hydrogens (tertiary/aromatic N) is 4. The third-order valence-electron chi connectivity index (χ3n) is 6.23. The number of hydrogen-bond donors (Lipinski definition) is 1. The number of carbonyl (C=O) groups excluding carboxylic acids is 2. The Bertz CT molecular complexity index is 1280. The smallest absolute Gasteiger partial charge is 0.289 e. The molecule has 7 nitrogen and oxygen atoms in total. The van der Waals surface area contributed by atoms with Crippen LogP contribution in [-0.2, 0) is 0 Å². The van der Waals surface area contributed by atoms with E-state index < -0.39 is 0 Å². The van der Waals surface area contributed by atoms with Crippen molar-refractivity contribution in [3.63, 3.8) is 0 Å². The Morgan fingerprint density at radius 3 is 2.36 bits per heavy atom. The minimum absolute atomic E-state index is 0.00331. The van der Waals surface area contributed by atoms with Gasteiger partial charge in [-0.05, 0) is 55.7 Å². The molecule has 33 heavy (non-hydrogen) atoms. The number of aromatic amines is 1. The van der Waals surface area contributed by atoms with E-state index in [9.17, 15) is 9.59 Å². The summed E-state index contributed by atoms with van der Waals surface area (Å²) in [6, 6.07) is 13.6. The Morgan fingerprint density at radius 1 is 1.09 bits per heavy atom. The van der Waals surface area contributed by atoms with Gasteiger partial charge in [-0.2, -0.15) is 5.26 Å². The molecule has 2 heterocycles. The van der Waals surface area contributed by atoms with Crippen LogP contribution in [0, 0.1) is 32.1 Å². The summed E-state index contributed by atoms with van der Waals surface area (Å²) in [5.74, 6) is 0.365. The Hall–Kier alpha value is -3.92. The summed E-state index contributed by atoms with van der Waals surface area (Å²) >= 11 is 0. The molecular weight excluding hydrogens is 414 g/mol. The fourth-order valence-electron chi connectivity index (χ4n) is 4.23. The third kappa shape index (κ3) is 4.12. The van der Waals surface area contributed by atoms with E-state index in [1.165, 1.54) is 4.90 Å². The van der Waals surface area contributed by atoms with E-state index >= 15 is 0 Å². The van der Waals surface area contributed by atoms with Crippen molar-refractivity contribution in [1.82, 2.24) is 19.8 Å². The van der Waals surface area contributed by atoms with E-state index in [2.05, 4.69) is 16.0 Å². The van der Waals surface area contributed by atoms with Crippen LogP contribution in [0.5, 0.6) is 0 Å². The number of carbonyl (C=O) groups is 2. The first-order chi connectivity index (χ1) is 15.7. The van der Waals surface area contributed by atoms with Crippen LogP contribution in [0.2, 0.25) is 0 Å². The molecule has 0 spiro atoms. The minimum Gasteiger partial charge on any atom is -0.342 e. The molecule has 0 aliphatic carbocycles. The molecule has 2 amide bonds. The van der Waals surface area contributed by atoms with E-state index in [4.69, 9.17) is 5.26 Å². The average molecular weight is 442 g/mol. The largest absolute Gasteiger partial charge is 0.342 e. The van der Waals surface area contributed by atoms with Crippen LogP contribution < -0.4 is 0 Å². The van der Waals surface area contributed by atoms with Crippen LogP contribution in [-0.4, -0.2) is 58.8 Å². The number of nitrogens with one attached hydrogen (secondary N) is 1. The van der Waals surface area contributed by atoms with E-state index in [1.807, 2.05) is 62.1 Å². The van der Waals surface area contributed by atoms with Crippen molar-refractivity contribution in [2.75, 3.05) is 27.2 Å². The lowest BCUT2D eigenvalue weighted by Crippen LogP contribution is -2.48. The lowest BCUT2D eigenvalue weighted by atomic mass is 9.89. The zero-order chi connectivity index (χ0) is 23.9. The molecule has 0 atom stereocenters. The highest BCUT2D eigenvalue weighted by Gasteiger charge is 2.33. The zero-order valence-electron chi connectivity index (χ0n) is 19.6. The number of hydrogen-bond acceptors (Lipinski definition) is 4. The maximum absolute atomic E-state index is 13.3. The lowest BCUT2D eigenvalue weighted by Gasteiger charge is -2.40. The van der Waals surface area contributed by atoms with Gasteiger partial charge in [-0.15, -0.1) is 0 Å². The fourth-order valence-corrected chi connectivity index (χ4v) is 4.23. The SMILES string of the molecule is Cc1cc(C)c(-c2nc(C(=O)N(C)C)[nH]c2C)cc1C(=O)N1CC(c2ccc(C#N)cc2)C1. The van der Waals surface area contributed by atoms with Gasteiger partial charge in [-0.25, -0.2) is 4.98 Å². The third-order valence-corrected chi connectivity index (χ3v) is 6.23. The maximum atomic E-state index is 13.3. The number of aryl methyl sites for hydroxylation is 3. The number of imidazole rings is 1. The summed E-state index contributed by atoms with van der Waals surface area (Å²) in [7, 11) is 3.37. The molecule has 4 rings (SSSR count). The predicted molar refractivity (Wildman–Crippen MR) is 126 cm³/mol. The number of H-pyrrole nitrogens is 1. The van der Waals surface area contributed by atoms with E-state index in [1.54, 1.807) is 14.1 Å². The summed E-state index contributed by atoms with van der Waals surface area (Å²) < 4.78 is 0. The van der Waals surface area contributed by atoms with Crippen molar-refractivity contribution in [2.24, 2.45) is 0 Å². The summed E-state index contributed by atoms with van der Waals surface area (Å²) in [4.78, 5) is 36.6. The molecule has 1 aliphatic rings. The zero-order valence-corrected chi connectivity index (χ0v) is 19.6. The summed E-state index contributed by atoms with van der Waals surface area (Å²) in [5.41, 5.74) is 6.67. The van der Waals surface area contributed by atoms with Crippen LogP contribution in [0.3, 0.4) is 0 Å². The number of likely N-dealkylation sites (tertiary alicyclic amines) is 1. The second kappa shape index (κ2) is 8.55. The number of nitriles is 1. The number of benzene rings is 2. The van der Waals surface area contributed by atoms with Crippen LogP contribution in [0.4, 0.5) is 0 Å². The normalized spacial score (nSPS) is 13.4. The van der Waals surface area contributed by atoms with Crippen molar-refractivity contribution in [2.45, 2.75) is 26.7 Å². The van der Waals surface area contributed by atoms with Crippen molar-refractivity contribution in [3.05, 3.63) is 75.7 Å². The monoisotopic (exact) mass is 441 g/mol. The highest BCUT2D eigenvalue weighted by molar-refractivity contribution is 5.98. The first kappa shape index (κ1) is 22.3. The summed E-state index contributed by atoms with van der Waals surface area (Å²) in [6.45, 7) is 7.11. The maximum Gasteiger partial charge on any atom is 0.289 e. The number of aromatic nitrogens is 2. The van der Waals surface area contributed by atoms with Gasteiger partial charge in [0.25, 0.3) is 11.8 Å².